The quantitative estimate of drug-likeness (QED) is 0.437. The lowest BCUT2D eigenvalue weighted by Gasteiger charge is -2.13. The van der Waals surface area contributed by atoms with Gasteiger partial charge in [-0.05, 0) is 43.7 Å². The van der Waals surface area contributed by atoms with E-state index in [1.165, 1.54) is 31.3 Å². The third kappa shape index (κ3) is 4.61. The molecule has 2 N–H and O–H groups in total. The van der Waals surface area contributed by atoms with Crippen molar-refractivity contribution in [1.29, 1.82) is 0 Å². The van der Waals surface area contributed by atoms with Crippen molar-refractivity contribution in [2.24, 2.45) is 0 Å². The first-order chi connectivity index (χ1) is 14.3. The summed E-state index contributed by atoms with van der Waals surface area (Å²) in [5.74, 6) is -1.04. The number of rotatable bonds is 7. The molecule has 1 aromatic heterocycles. The molecule has 0 amide bonds. The number of aromatic hydroxyl groups is 1. The lowest BCUT2D eigenvalue weighted by atomic mass is 10.1. The molecule has 0 aliphatic rings. The molecule has 0 bridgehead atoms. The maximum absolute atomic E-state index is 12.8. The number of hydrogen-bond donors (Lipinski definition) is 2. The fourth-order valence-corrected chi connectivity index (χ4v) is 3.89. The number of ketones is 1. The number of Topliss-reactive ketones (excluding diaryl/α,β-unsaturated/α-hetero) is 1. The number of carbonyl (C=O) groups is 2. The molecule has 0 aliphatic carbocycles. The molecule has 0 saturated heterocycles. The molecule has 0 radical (unpaired) electrons. The number of carboxylic acid groups (broad SMARTS) is 1. The van der Waals surface area contributed by atoms with Gasteiger partial charge in [-0.2, -0.15) is 0 Å². The van der Waals surface area contributed by atoms with Crippen LogP contribution in [0.1, 0.15) is 38.8 Å². The first kappa shape index (κ1) is 21.4. The van der Waals surface area contributed by atoms with Crippen molar-refractivity contribution in [2.75, 3.05) is 0 Å². The van der Waals surface area contributed by atoms with Gasteiger partial charge in [0.15, 0.2) is 10.7 Å². The largest absolute Gasteiger partial charge is 0.605 e. The van der Waals surface area contributed by atoms with Crippen LogP contribution in [0.3, 0.4) is 0 Å². The molecule has 0 saturated carbocycles. The molecule has 0 aliphatic heterocycles. The van der Waals surface area contributed by atoms with E-state index in [9.17, 15) is 19.2 Å². The van der Waals surface area contributed by atoms with Crippen molar-refractivity contribution in [2.45, 2.75) is 30.4 Å². The van der Waals surface area contributed by atoms with Crippen molar-refractivity contribution in [1.82, 2.24) is 4.98 Å². The van der Waals surface area contributed by atoms with Gasteiger partial charge in [0, 0.05) is 35.1 Å². The predicted molar refractivity (Wildman–Crippen MR) is 109 cm³/mol. The van der Waals surface area contributed by atoms with Gasteiger partial charge in [0.05, 0.1) is 11.1 Å². The smallest absolute Gasteiger partial charge is 0.335 e. The van der Waals surface area contributed by atoms with Gasteiger partial charge in [-0.25, -0.2) is 9.78 Å². The Balaban J connectivity index is 1.78. The number of carbonyl (C=O) groups excluding carboxylic acids is 1. The molecule has 30 heavy (non-hydrogen) atoms. The SMILES string of the molecule is CC(=O)c1ccc(OCc2cccc([S+]([O-])c3cc(C(=O)O)ccn3)c2)c(C)c1O. The van der Waals surface area contributed by atoms with E-state index >= 15 is 0 Å². The molecule has 3 aromatic rings. The van der Waals surface area contributed by atoms with Crippen LogP contribution in [-0.4, -0.2) is 31.5 Å². The fraction of sp³-hybridized carbons (Fsp3) is 0.136. The summed E-state index contributed by atoms with van der Waals surface area (Å²) < 4.78 is 18.6. The third-order valence-electron chi connectivity index (χ3n) is 4.44. The number of nitrogens with zero attached hydrogens (tertiary/aromatic N) is 1. The average molecular weight is 425 g/mol. The van der Waals surface area contributed by atoms with Crippen LogP contribution in [0.2, 0.25) is 0 Å². The zero-order valence-corrected chi connectivity index (χ0v) is 17.1. The lowest BCUT2D eigenvalue weighted by molar-refractivity contribution is 0.0696. The van der Waals surface area contributed by atoms with E-state index in [2.05, 4.69) is 4.98 Å². The Morgan fingerprint density at radius 3 is 2.63 bits per heavy atom. The van der Waals surface area contributed by atoms with Gasteiger partial charge >= 0.3 is 5.97 Å². The number of phenols is 1. The molecule has 1 unspecified atom stereocenters. The Morgan fingerprint density at radius 1 is 1.17 bits per heavy atom. The molecule has 0 spiro atoms. The average Bonchev–Trinajstić information content (AvgIpc) is 2.74. The minimum Gasteiger partial charge on any atom is -0.605 e. The zero-order valence-electron chi connectivity index (χ0n) is 16.3. The highest BCUT2D eigenvalue weighted by atomic mass is 32.2. The van der Waals surface area contributed by atoms with Crippen LogP contribution in [0, 0.1) is 6.92 Å². The molecule has 154 valence electrons. The van der Waals surface area contributed by atoms with E-state index in [1.807, 2.05) is 0 Å². The van der Waals surface area contributed by atoms with Crippen molar-refractivity contribution in [3.05, 3.63) is 77.0 Å². The van der Waals surface area contributed by atoms with Crippen molar-refractivity contribution in [3.8, 4) is 11.5 Å². The maximum Gasteiger partial charge on any atom is 0.335 e. The number of pyridine rings is 1. The van der Waals surface area contributed by atoms with E-state index in [0.717, 1.165) is 5.56 Å². The number of carboxylic acids is 1. The first-order valence-electron chi connectivity index (χ1n) is 8.94. The molecule has 8 heteroatoms. The Kier molecular flexibility index (Phi) is 6.39. The summed E-state index contributed by atoms with van der Waals surface area (Å²) in [6.45, 7) is 3.18. The highest BCUT2D eigenvalue weighted by Crippen LogP contribution is 2.31. The van der Waals surface area contributed by atoms with Gasteiger partial charge in [-0.1, -0.05) is 12.1 Å². The van der Waals surface area contributed by atoms with Crippen LogP contribution < -0.4 is 4.74 Å². The van der Waals surface area contributed by atoms with Crippen molar-refractivity contribution in [3.63, 3.8) is 0 Å². The number of aromatic carboxylic acids is 1. The highest BCUT2D eigenvalue weighted by molar-refractivity contribution is 7.91. The molecular formula is C22H19NO6S. The third-order valence-corrected chi connectivity index (χ3v) is 5.72. The second kappa shape index (κ2) is 8.98. The fourth-order valence-electron chi connectivity index (χ4n) is 2.80. The van der Waals surface area contributed by atoms with Crippen LogP contribution in [0.5, 0.6) is 11.5 Å². The minimum absolute atomic E-state index is 0.0112. The summed E-state index contributed by atoms with van der Waals surface area (Å²) in [6, 6.07) is 12.6. The van der Waals surface area contributed by atoms with Crippen molar-refractivity contribution >= 4 is 22.9 Å². The zero-order chi connectivity index (χ0) is 21.8. The topological polar surface area (TPSA) is 120 Å². The summed E-state index contributed by atoms with van der Waals surface area (Å²) >= 11 is -1.66. The van der Waals surface area contributed by atoms with Crippen molar-refractivity contribution < 1.29 is 29.1 Å². The lowest BCUT2D eigenvalue weighted by Crippen LogP contribution is -2.08. The van der Waals surface area contributed by atoms with Gasteiger partial charge in [0.25, 0.3) is 5.03 Å². The number of benzene rings is 2. The maximum atomic E-state index is 12.8. The Morgan fingerprint density at radius 2 is 1.93 bits per heavy atom. The Hall–Kier alpha value is -3.36. The number of aromatic nitrogens is 1. The van der Waals surface area contributed by atoms with Crippen LogP contribution >= 0.6 is 0 Å². The summed E-state index contributed by atoms with van der Waals surface area (Å²) in [5, 5.41) is 19.4. The number of phenolic OH excluding ortho intramolecular Hbond substituents is 1. The van der Waals surface area contributed by atoms with E-state index in [4.69, 9.17) is 9.84 Å². The molecule has 0 fully saturated rings. The monoisotopic (exact) mass is 425 g/mol. The summed E-state index contributed by atoms with van der Waals surface area (Å²) in [4.78, 5) is 27.1. The van der Waals surface area contributed by atoms with Gasteiger partial charge in [-0.3, -0.25) is 4.79 Å². The number of ether oxygens (including phenoxy) is 1. The van der Waals surface area contributed by atoms with Gasteiger partial charge in [-0.15, -0.1) is 0 Å². The van der Waals surface area contributed by atoms with Crippen LogP contribution in [0.4, 0.5) is 0 Å². The van der Waals surface area contributed by atoms with E-state index in [-0.39, 0.29) is 34.3 Å². The Bertz CT molecular complexity index is 1110. The second-order valence-electron chi connectivity index (χ2n) is 6.53. The van der Waals surface area contributed by atoms with Gasteiger partial charge < -0.3 is 19.5 Å². The molecule has 1 heterocycles. The minimum atomic E-state index is -1.66. The predicted octanol–water partition coefficient (Wildman–Crippen LogP) is 3.74. The van der Waals surface area contributed by atoms with Crippen LogP contribution in [0.15, 0.2) is 64.6 Å². The summed E-state index contributed by atoms with van der Waals surface area (Å²) in [5.41, 5.74) is 1.42. The van der Waals surface area contributed by atoms with Crippen LogP contribution in [0.25, 0.3) is 0 Å². The number of hydrogen-bond acceptors (Lipinski definition) is 6. The normalized spacial score (nSPS) is 11.7. The summed E-state index contributed by atoms with van der Waals surface area (Å²) in [6.07, 6.45) is 1.31. The van der Waals surface area contributed by atoms with Gasteiger partial charge in [0.2, 0.25) is 0 Å². The standard InChI is InChI=1S/C22H19NO6S/c1-13-19(7-6-18(14(2)24)21(13)25)29-12-15-4-3-5-17(10-15)30(28)20-11-16(22(26)27)8-9-23-20/h3-11,25H,12H2,1-2H3,(H,26,27). The second-order valence-corrected chi connectivity index (χ2v) is 7.96. The molecule has 2 aromatic carbocycles. The molecule has 1 atom stereocenters. The molecule has 3 rings (SSSR count). The van der Waals surface area contributed by atoms with E-state index in [0.29, 0.717) is 16.2 Å². The van der Waals surface area contributed by atoms with E-state index < -0.39 is 17.1 Å². The first-order valence-corrected chi connectivity index (χ1v) is 10.1. The van der Waals surface area contributed by atoms with E-state index in [1.54, 1.807) is 37.3 Å². The molecule has 7 nitrogen and oxygen atoms in total. The van der Waals surface area contributed by atoms with Crippen LogP contribution in [-0.2, 0) is 17.8 Å². The Labute approximate surface area is 176 Å². The van der Waals surface area contributed by atoms with Gasteiger partial charge in [0.1, 0.15) is 18.1 Å². The molecular weight excluding hydrogens is 406 g/mol. The summed E-state index contributed by atoms with van der Waals surface area (Å²) in [7, 11) is 0. The highest BCUT2D eigenvalue weighted by Gasteiger charge is 2.19.